The summed E-state index contributed by atoms with van der Waals surface area (Å²) < 4.78 is 5.56. The van der Waals surface area contributed by atoms with Crippen molar-refractivity contribution in [1.29, 1.82) is 0 Å². The maximum Gasteiger partial charge on any atom is 0.148 e. The van der Waals surface area contributed by atoms with Crippen LogP contribution in [0.25, 0.3) is 6.08 Å². The Kier molecular flexibility index (Phi) is 11.6. The topological polar surface area (TPSA) is 78.2 Å². The first-order chi connectivity index (χ1) is 20.9. The molecule has 0 aromatic heterocycles. The summed E-state index contributed by atoms with van der Waals surface area (Å²) in [5.74, 6) is 0.720. The van der Waals surface area contributed by atoms with Crippen molar-refractivity contribution in [1.82, 2.24) is 0 Å². The zero-order chi connectivity index (χ0) is 30.6. The highest BCUT2D eigenvalue weighted by Gasteiger charge is 2.18. The molecular formula is C36H41ClN4O2. The summed E-state index contributed by atoms with van der Waals surface area (Å²) in [7, 11) is 1.61. The summed E-state index contributed by atoms with van der Waals surface area (Å²) in [6.07, 6.45) is 8.58. The summed E-state index contributed by atoms with van der Waals surface area (Å²) >= 11 is 6.20. The Bertz CT molecular complexity index is 1570. The van der Waals surface area contributed by atoms with Crippen molar-refractivity contribution < 1.29 is 9.84 Å². The van der Waals surface area contributed by atoms with Gasteiger partial charge in [0.2, 0.25) is 0 Å². The van der Waals surface area contributed by atoms with Crippen LogP contribution in [0.15, 0.2) is 89.1 Å². The number of unbranched alkanes of at least 4 members (excludes halogenated alkanes) is 1. The number of halogens is 1. The molecule has 0 fully saturated rings. The van der Waals surface area contributed by atoms with Crippen LogP contribution in [0.3, 0.4) is 0 Å². The zero-order valence-electron chi connectivity index (χ0n) is 25.5. The number of ether oxygens (including phenoxy) is 1. The fraction of sp³-hybridized carbons (Fsp3) is 0.278. The Labute approximate surface area is 260 Å². The number of para-hydroxylation sites is 1. The smallest absolute Gasteiger partial charge is 0.148 e. The van der Waals surface area contributed by atoms with Crippen molar-refractivity contribution in [3.8, 4) is 11.5 Å². The minimum atomic E-state index is 0.108. The summed E-state index contributed by atoms with van der Waals surface area (Å²) in [6, 6.07) is 23.7. The first-order valence-electron chi connectivity index (χ1n) is 14.8. The highest BCUT2D eigenvalue weighted by atomic mass is 35.5. The van der Waals surface area contributed by atoms with Gasteiger partial charge in [-0.1, -0.05) is 80.8 Å². The number of anilines is 2. The summed E-state index contributed by atoms with van der Waals surface area (Å²) in [5.41, 5.74) is 7.91. The molecule has 5 rings (SSSR count). The van der Waals surface area contributed by atoms with Gasteiger partial charge in [0.25, 0.3) is 0 Å². The van der Waals surface area contributed by atoms with Crippen LogP contribution in [0.1, 0.15) is 60.9 Å². The molecule has 0 unspecified atom stereocenters. The first kappa shape index (κ1) is 31.6. The first-order valence-corrected chi connectivity index (χ1v) is 15.2. The fourth-order valence-electron chi connectivity index (χ4n) is 4.62. The summed E-state index contributed by atoms with van der Waals surface area (Å²) in [5, 5.41) is 27.9. The van der Waals surface area contributed by atoms with Crippen molar-refractivity contribution in [2.75, 3.05) is 17.7 Å². The number of phenolic OH excluding ortho intramolecular Hbond substituents is 1. The Morgan fingerprint density at radius 2 is 1.70 bits per heavy atom. The van der Waals surface area contributed by atoms with Gasteiger partial charge in [-0.2, -0.15) is 0 Å². The number of nitrogens with one attached hydrogen (secondary N) is 2. The molecule has 4 aromatic rings. The monoisotopic (exact) mass is 596 g/mol. The minimum Gasteiger partial charge on any atom is -0.505 e. The lowest BCUT2D eigenvalue weighted by Crippen LogP contribution is -2.04. The van der Waals surface area contributed by atoms with Gasteiger partial charge in [-0.3, -0.25) is 0 Å². The van der Waals surface area contributed by atoms with Crippen LogP contribution in [0.5, 0.6) is 11.5 Å². The average molecular weight is 597 g/mol. The fourth-order valence-corrected chi connectivity index (χ4v) is 4.79. The van der Waals surface area contributed by atoms with E-state index in [4.69, 9.17) is 16.3 Å². The lowest BCUT2D eigenvalue weighted by atomic mass is 9.93. The van der Waals surface area contributed by atoms with E-state index in [1.165, 1.54) is 12.8 Å². The van der Waals surface area contributed by atoms with E-state index in [0.29, 0.717) is 35.2 Å². The third kappa shape index (κ3) is 8.62. The number of aromatic hydroxyl groups is 1. The van der Waals surface area contributed by atoms with E-state index >= 15 is 0 Å². The second-order valence-corrected chi connectivity index (χ2v) is 10.9. The van der Waals surface area contributed by atoms with Crippen LogP contribution in [-0.4, -0.2) is 12.2 Å². The molecule has 0 aliphatic heterocycles. The van der Waals surface area contributed by atoms with Gasteiger partial charge in [-0.15, -0.1) is 10.2 Å². The quantitative estimate of drug-likeness (QED) is 0.159. The van der Waals surface area contributed by atoms with Gasteiger partial charge in [0.05, 0.1) is 7.11 Å². The molecule has 0 heterocycles. The van der Waals surface area contributed by atoms with Crippen molar-refractivity contribution in [2.45, 2.75) is 59.5 Å². The maximum atomic E-state index is 11.3. The Morgan fingerprint density at radius 3 is 2.44 bits per heavy atom. The number of benzene rings is 4. The summed E-state index contributed by atoms with van der Waals surface area (Å²) in [4.78, 5) is 0. The molecule has 0 amide bonds. The van der Waals surface area contributed by atoms with Crippen molar-refractivity contribution in [3.05, 3.63) is 112 Å². The molecule has 0 saturated carbocycles. The van der Waals surface area contributed by atoms with Gasteiger partial charge in [-0.05, 0) is 78.9 Å². The molecule has 3 N–H and O–H groups in total. The zero-order valence-corrected chi connectivity index (χ0v) is 26.2. The van der Waals surface area contributed by atoms with Crippen LogP contribution in [0.2, 0.25) is 5.02 Å². The average Bonchev–Trinajstić information content (AvgIpc) is 3.04. The van der Waals surface area contributed by atoms with E-state index in [9.17, 15) is 5.11 Å². The van der Waals surface area contributed by atoms with Gasteiger partial charge in [-0.25, -0.2) is 0 Å². The van der Waals surface area contributed by atoms with Crippen LogP contribution in [-0.2, 0) is 19.5 Å². The van der Waals surface area contributed by atoms with E-state index in [2.05, 4.69) is 46.9 Å². The number of allylic oxidation sites excluding steroid dienone is 1. The van der Waals surface area contributed by atoms with E-state index in [1.54, 1.807) is 7.11 Å². The number of hydrogen-bond acceptors (Lipinski definition) is 6. The van der Waals surface area contributed by atoms with E-state index < -0.39 is 0 Å². The van der Waals surface area contributed by atoms with E-state index in [1.807, 2.05) is 79.7 Å². The molecule has 0 saturated heterocycles. The molecule has 0 spiro atoms. The van der Waals surface area contributed by atoms with Gasteiger partial charge in [0, 0.05) is 40.6 Å². The molecule has 4 aromatic carbocycles. The number of nitrogens with zero attached hydrogens (tertiary/aromatic N) is 2. The molecule has 224 valence electrons. The Hall–Kier alpha value is -4.29. The van der Waals surface area contributed by atoms with Crippen molar-refractivity contribution in [3.63, 3.8) is 0 Å². The van der Waals surface area contributed by atoms with Gasteiger partial charge < -0.3 is 20.5 Å². The predicted octanol–water partition coefficient (Wildman–Crippen LogP) is 10.8. The van der Waals surface area contributed by atoms with Crippen LogP contribution in [0, 0.1) is 6.92 Å². The summed E-state index contributed by atoms with van der Waals surface area (Å²) in [6.45, 7) is 7.44. The lowest BCUT2D eigenvalue weighted by molar-refractivity contribution is 0.415. The highest BCUT2D eigenvalue weighted by Crippen LogP contribution is 2.42. The minimum absolute atomic E-state index is 0.108. The number of aryl methyl sites for hydroxylation is 2. The number of rotatable bonds is 10. The molecule has 43 heavy (non-hydrogen) atoms. The van der Waals surface area contributed by atoms with Crippen LogP contribution >= 0.6 is 11.6 Å². The highest BCUT2D eigenvalue weighted by molar-refractivity contribution is 6.30. The molecule has 1 aliphatic carbocycles. The molecular weight excluding hydrogens is 556 g/mol. The Morgan fingerprint density at radius 1 is 0.907 bits per heavy atom. The molecule has 6 nitrogen and oxygen atoms in total. The molecule has 0 atom stereocenters. The number of azo groups is 1. The number of methoxy groups -OCH3 is 1. The molecule has 0 radical (unpaired) electrons. The van der Waals surface area contributed by atoms with Crippen molar-refractivity contribution >= 4 is 40.4 Å². The Balaban J connectivity index is 0.000000996. The van der Waals surface area contributed by atoms with Gasteiger partial charge >= 0.3 is 0 Å². The number of fused-ring (bicyclic) bond motifs is 1. The largest absolute Gasteiger partial charge is 0.505 e. The SMILES string of the molecule is CCCC.COc1ccc(CNc2ccccc2)cc1N=Nc1c(O)c(CNc2cc(Cl)ccc2C)cc2c1C=CCC2. The van der Waals surface area contributed by atoms with Gasteiger partial charge in [0.15, 0.2) is 0 Å². The van der Waals surface area contributed by atoms with Crippen LogP contribution < -0.4 is 15.4 Å². The van der Waals surface area contributed by atoms with E-state index in [0.717, 1.165) is 52.0 Å². The van der Waals surface area contributed by atoms with E-state index in [-0.39, 0.29) is 5.75 Å². The molecule has 1 aliphatic rings. The second kappa shape index (κ2) is 15.8. The maximum absolute atomic E-state index is 11.3. The predicted molar refractivity (Wildman–Crippen MR) is 180 cm³/mol. The molecule has 0 bridgehead atoms. The number of phenols is 1. The standard InChI is InChI=1S/C32H31ClN4O2.C4H10/c1-21-12-14-25(33)18-28(21)35-20-24-17-23-8-6-7-11-27(23)31(32(24)38)37-36-29-16-22(13-15-30(29)39-2)19-34-26-9-4-3-5-10-26;1-3-4-2/h3-5,7,9-18,34-35,38H,6,8,19-20H2,1-2H3;3-4H2,1-2H3. The van der Waals surface area contributed by atoms with Gasteiger partial charge in [0.1, 0.15) is 22.9 Å². The van der Waals surface area contributed by atoms with Crippen LogP contribution in [0.4, 0.5) is 22.7 Å². The molecule has 7 heteroatoms. The number of hydrogen-bond donors (Lipinski definition) is 3. The third-order valence-corrected chi connectivity index (χ3v) is 7.52. The second-order valence-electron chi connectivity index (χ2n) is 10.5. The van der Waals surface area contributed by atoms with Crippen molar-refractivity contribution in [2.24, 2.45) is 10.2 Å². The lowest BCUT2D eigenvalue weighted by Gasteiger charge is -2.18. The third-order valence-electron chi connectivity index (χ3n) is 7.28. The normalized spacial score (nSPS) is 11.9.